The summed E-state index contributed by atoms with van der Waals surface area (Å²) in [5.74, 6) is 0.708. The lowest BCUT2D eigenvalue weighted by Crippen LogP contribution is -2.54. The van der Waals surface area contributed by atoms with Gasteiger partial charge < -0.3 is 20.1 Å². The predicted molar refractivity (Wildman–Crippen MR) is 80.1 cm³/mol. The molecule has 0 radical (unpaired) electrons. The van der Waals surface area contributed by atoms with E-state index in [1.165, 1.54) is 12.8 Å². The first-order valence-electron chi connectivity index (χ1n) is 7.64. The van der Waals surface area contributed by atoms with Gasteiger partial charge >= 0.3 is 0 Å². The van der Waals surface area contributed by atoms with E-state index in [4.69, 9.17) is 4.74 Å². The molecule has 0 aromatic carbocycles. The second-order valence-corrected chi connectivity index (χ2v) is 6.61. The van der Waals surface area contributed by atoms with Crippen molar-refractivity contribution < 1.29 is 9.84 Å². The van der Waals surface area contributed by atoms with Gasteiger partial charge in [-0.05, 0) is 26.7 Å². The van der Waals surface area contributed by atoms with Gasteiger partial charge in [0.2, 0.25) is 5.95 Å². The Hall–Kier alpha value is -1.24. The van der Waals surface area contributed by atoms with Crippen LogP contribution in [0, 0.1) is 0 Å². The maximum Gasteiger partial charge on any atom is 0.225 e. The summed E-state index contributed by atoms with van der Waals surface area (Å²) in [6, 6.07) is 0.690. The molecule has 0 bridgehead atoms. The predicted octanol–water partition coefficient (Wildman–Crippen LogP) is 0.705. The number of anilines is 1. The van der Waals surface area contributed by atoms with Gasteiger partial charge in [0.05, 0.1) is 18.3 Å². The molecule has 6 nitrogen and oxygen atoms in total. The van der Waals surface area contributed by atoms with Gasteiger partial charge in [-0.25, -0.2) is 9.97 Å². The molecule has 2 fully saturated rings. The molecule has 2 heterocycles. The van der Waals surface area contributed by atoms with Gasteiger partial charge in [-0.15, -0.1) is 0 Å². The van der Waals surface area contributed by atoms with E-state index in [1.54, 1.807) is 0 Å². The van der Waals surface area contributed by atoms with Gasteiger partial charge in [0.15, 0.2) is 0 Å². The van der Waals surface area contributed by atoms with E-state index in [1.807, 2.05) is 26.2 Å². The number of nitrogens with zero attached hydrogens (tertiary/aromatic N) is 3. The molecule has 21 heavy (non-hydrogen) atoms. The van der Waals surface area contributed by atoms with Crippen LogP contribution < -0.4 is 10.2 Å². The zero-order chi connectivity index (χ0) is 14.9. The molecule has 1 saturated carbocycles. The zero-order valence-corrected chi connectivity index (χ0v) is 12.7. The van der Waals surface area contributed by atoms with Crippen molar-refractivity contribution in [3.63, 3.8) is 0 Å². The van der Waals surface area contributed by atoms with E-state index in [-0.39, 0.29) is 18.3 Å². The minimum absolute atomic E-state index is 0.0172. The number of hydrogen-bond acceptors (Lipinski definition) is 6. The fourth-order valence-electron chi connectivity index (χ4n) is 2.70. The number of aliphatic hydroxyl groups excluding tert-OH is 1. The lowest BCUT2D eigenvalue weighted by atomic mass is 10.1. The Bertz CT molecular complexity index is 473. The van der Waals surface area contributed by atoms with Crippen LogP contribution >= 0.6 is 0 Å². The molecule has 0 amide bonds. The van der Waals surface area contributed by atoms with Crippen molar-refractivity contribution in [1.29, 1.82) is 0 Å². The smallest absolute Gasteiger partial charge is 0.225 e. The minimum Gasteiger partial charge on any atom is -0.394 e. The summed E-state index contributed by atoms with van der Waals surface area (Å²) in [4.78, 5) is 11.0. The fourth-order valence-corrected chi connectivity index (χ4v) is 2.70. The molecule has 1 aromatic heterocycles. The summed E-state index contributed by atoms with van der Waals surface area (Å²) in [5.41, 5.74) is 0.804. The SMILES string of the molecule is CC1(C)CN(c2ncc(CNC3CC3)cn2)CC(CO)O1. The number of ether oxygens (including phenoxy) is 1. The summed E-state index contributed by atoms with van der Waals surface area (Å²) in [6.07, 6.45) is 6.14. The molecule has 1 aromatic rings. The second kappa shape index (κ2) is 5.87. The number of nitrogens with one attached hydrogen (secondary N) is 1. The lowest BCUT2D eigenvalue weighted by Gasteiger charge is -2.42. The maximum atomic E-state index is 9.36. The number of hydrogen-bond donors (Lipinski definition) is 2. The Morgan fingerprint density at radius 1 is 1.38 bits per heavy atom. The number of morpholine rings is 1. The standard InChI is InChI=1S/C15H24N4O2/c1-15(2)10-19(8-13(9-20)21-15)14-17-6-11(7-18-14)5-16-12-3-4-12/h6-7,12-13,16,20H,3-5,8-10H2,1-2H3. The number of aromatic nitrogens is 2. The first-order valence-corrected chi connectivity index (χ1v) is 7.64. The van der Waals surface area contributed by atoms with Crippen molar-refractivity contribution in [2.24, 2.45) is 0 Å². The van der Waals surface area contributed by atoms with Crippen LogP contribution in [0.1, 0.15) is 32.3 Å². The third-order valence-corrected chi connectivity index (χ3v) is 3.83. The summed E-state index contributed by atoms with van der Waals surface area (Å²) in [5, 5.41) is 12.8. The monoisotopic (exact) mass is 292 g/mol. The highest BCUT2D eigenvalue weighted by molar-refractivity contribution is 5.32. The van der Waals surface area contributed by atoms with Gasteiger partial charge in [0.25, 0.3) is 0 Å². The highest BCUT2D eigenvalue weighted by atomic mass is 16.5. The Morgan fingerprint density at radius 3 is 2.71 bits per heavy atom. The highest BCUT2D eigenvalue weighted by Crippen LogP contribution is 2.24. The first-order chi connectivity index (χ1) is 10.1. The van der Waals surface area contributed by atoms with Crippen LogP contribution in [-0.2, 0) is 11.3 Å². The first kappa shape index (κ1) is 14.7. The van der Waals surface area contributed by atoms with Crippen molar-refractivity contribution in [3.8, 4) is 0 Å². The van der Waals surface area contributed by atoms with Gasteiger partial charge in [-0.3, -0.25) is 0 Å². The largest absolute Gasteiger partial charge is 0.394 e. The molecule has 2 N–H and O–H groups in total. The van der Waals surface area contributed by atoms with Crippen LogP contribution in [0.2, 0.25) is 0 Å². The van der Waals surface area contributed by atoms with Gasteiger partial charge in [-0.1, -0.05) is 0 Å². The van der Waals surface area contributed by atoms with E-state index in [2.05, 4.69) is 20.2 Å². The molecular formula is C15H24N4O2. The van der Waals surface area contributed by atoms with Crippen molar-refractivity contribution >= 4 is 5.95 Å². The summed E-state index contributed by atoms with van der Waals surface area (Å²) in [7, 11) is 0. The van der Waals surface area contributed by atoms with Crippen LogP contribution in [0.3, 0.4) is 0 Å². The Labute approximate surface area is 125 Å². The van der Waals surface area contributed by atoms with Crippen molar-refractivity contribution in [1.82, 2.24) is 15.3 Å². The average Bonchev–Trinajstić information content (AvgIpc) is 3.28. The van der Waals surface area contributed by atoms with Crippen LogP contribution in [0.15, 0.2) is 12.4 Å². The highest BCUT2D eigenvalue weighted by Gasteiger charge is 2.34. The Morgan fingerprint density at radius 2 is 2.10 bits per heavy atom. The van der Waals surface area contributed by atoms with Gasteiger partial charge in [0, 0.05) is 43.6 Å². The molecule has 3 rings (SSSR count). The molecule has 1 aliphatic carbocycles. The molecule has 1 unspecified atom stereocenters. The van der Waals surface area contributed by atoms with Crippen molar-refractivity contribution in [3.05, 3.63) is 18.0 Å². The molecular weight excluding hydrogens is 268 g/mol. The van der Waals surface area contributed by atoms with Crippen LogP contribution in [-0.4, -0.2) is 52.5 Å². The Kier molecular flexibility index (Phi) is 4.10. The quantitative estimate of drug-likeness (QED) is 0.833. The fraction of sp³-hybridized carbons (Fsp3) is 0.733. The van der Waals surface area contributed by atoms with E-state index in [9.17, 15) is 5.11 Å². The molecule has 2 aliphatic rings. The van der Waals surface area contributed by atoms with Gasteiger partial charge in [0.1, 0.15) is 0 Å². The zero-order valence-electron chi connectivity index (χ0n) is 12.7. The molecule has 0 spiro atoms. The van der Waals surface area contributed by atoms with Crippen molar-refractivity contribution in [2.45, 2.75) is 51.0 Å². The normalized spacial score (nSPS) is 25.1. The molecule has 1 atom stereocenters. The maximum absolute atomic E-state index is 9.36. The summed E-state index contributed by atoms with van der Waals surface area (Å²) < 4.78 is 5.81. The third kappa shape index (κ3) is 3.90. The Balaban J connectivity index is 1.64. The lowest BCUT2D eigenvalue weighted by molar-refractivity contribution is -0.101. The second-order valence-electron chi connectivity index (χ2n) is 6.61. The van der Waals surface area contributed by atoms with E-state index in [0.717, 1.165) is 18.7 Å². The van der Waals surface area contributed by atoms with Crippen LogP contribution in [0.25, 0.3) is 0 Å². The topological polar surface area (TPSA) is 70.5 Å². The van der Waals surface area contributed by atoms with Crippen molar-refractivity contribution in [2.75, 3.05) is 24.6 Å². The van der Waals surface area contributed by atoms with E-state index < -0.39 is 0 Å². The van der Waals surface area contributed by atoms with E-state index in [0.29, 0.717) is 18.5 Å². The van der Waals surface area contributed by atoms with Crippen LogP contribution in [0.5, 0.6) is 0 Å². The van der Waals surface area contributed by atoms with Gasteiger partial charge in [-0.2, -0.15) is 0 Å². The summed E-state index contributed by atoms with van der Waals surface area (Å²) >= 11 is 0. The summed E-state index contributed by atoms with van der Waals surface area (Å²) in [6.45, 7) is 6.25. The van der Waals surface area contributed by atoms with Crippen LogP contribution in [0.4, 0.5) is 5.95 Å². The number of aliphatic hydroxyl groups is 1. The minimum atomic E-state index is -0.304. The van der Waals surface area contributed by atoms with E-state index >= 15 is 0 Å². The molecule has 6 heteroatoms. The third-order valence-electron chi connectivity index (χ3n) is 3.83. The number of rotatable bonds is 5. The molecule has 1 aliphatic heterocycles. The molecule has 116 valence electrons. The molecule has 1 saturated heterocycles. The average molecular weight is 292 g/mol.